The summed E-state index contributed by atoms with van der Waals surface area (Å²) in [6.45, 7) is 4.31. The zero-order valence-corrected chi connectivity index (χ0v) is 19.3. The molecule has 0 aliphatic carbocycles. The Balaban J connectivity index is 0.00000289. The first kappa shape index (κ1) is 24.0. The number of halogens is 2. The van der Waals surface area contributed by atoms with Gasteiger partial charge >= 0.3 is 6.01 Å². The highest BCUT2D eigenvalue weighted by molar-refractivity contribution is 6.34. The normalized spacial score (nSPS) is 13.9. The molecule has 3 aromatic rings. The molecule has 0 unspecified atom stereocenters. The summed E-state index contributed by atoms with van der Waals surface area (Å²) in [6.07, 6.45) is 5.01. The van der Waals surface area contributed by atoms with E-state index in [0.717, 1.165) is 25.1 Å². The largest absolute Gasteiger partial charge is 0.403 e. The monoisotopic (exact) mass is 475 g/mol. The summed E-state index contributed by atoms with van der Waals surface area (Å²) in [5.41, 5.74) is 1.87. The molecule has 1 fully saturated rings. The van der Waals surface area contributed by atoms with Gasteiger partial charge in [0, 0.05) is 17.8 Å². The molecule has 0 saturated carbocycles. The van der Waals surface area contributed by atoms with Crippen LogP contribution in [0.15, 0.2) is 52.9 Å². The van der Waals surface area contributed by atoms with Crippen molar-refractivity contribution >= 4 is 41.6 Å². The molecule has 0 spiro atoms. The van der Waals surface area contributed by atoms with E-state index in [9.17, 15) is 4.79 Å². The molecule has 1 saturated heterocycles. The molecule has 1 aromatic heterocycles. The SMILES string of the molecule is Cl.O=C(Nc1ccc(-c2nnc(NCCCN3CCCCC3)o2)cc1)c1ccccc1Cl. The summed E-state index contributed by atoms with van der Waals surface area (Å²) in [5.74, 6) is 0.176. The fourth-order valence-electron chi connectivity index (χ4n) is 3.63. The van der Waals surface area contributed by atoms with Crippen molar-refractivity contribution in [1.29, 1.82) is 0 Å². The molecular weight excluding hydrogens is 449 g/mol. The van der Waals surface area contributed by atoms with Crippen molar-refractivity contribution in [3.63, 3.8) is 0 Å². The van der Waals surface area contributed by atoms with E-state index >= 15 is 0 Å². The molecule has 0 atom stereocenters. The number of piperidine rings is 1. The first-order valence-corrected chi connectivity index (χ1v) is 11.0. The van der Waals surface area contributed by atoms with Crippen LogP contribution < -0.4 is 10.6 Å². The Morgan fingerprint density at radius 2 is 1.78 bits per heavy atom. The van der Waals surface area contributed by atoms with Crippen LogP contribution in [0.2, 0.25) is 5.02 Å². The summed E-state index contributed by atoms with van der Waals surface area (Å²) < 4.78 is 5.72. The van der Waals surface area contributed by atoms with E-state index in [-0.39, 0.29) is 18.3 Å². The lowest BCUT2D eigenvalue weighted by molar-refractivity contribution is 0.102. The van der Waals surface area contributed by atoms with Crippen LogP contribution in [0.5, 0.6) is 0 Å². The maximum absolute atomic E-state index is 12.4. The van der Waals surface area contributed by atoms with Crippen LogP contribution in [0, 0.1) is 0 Å². The molecule has 1 aliphatic rings. The fraction of sp³-hybridized carbons (Fsp3) is 0.348. The van der Waals surface area contributed by atoms with Gasteiger partial charge in [-0.3, -0.25) is 4.79 Å². The molecule has 170 valence electrons. The molecule has 7 nitrogen and oxygen atoms in total. The smallest absolute Gasteiger partial charge is 0.315 e. The lowest BCUT2D eigenvalue weighted by atomic mass is 10.1. The maximum Gasteiger partial charge on any atom is 0.315 e. The highest BCUT2D eigenvalue weighted by Gasteiger charge is 2.12. The number of anilines is 2. The Labute approximate surface area is 199 Å². The Morgan fingerprint density at radius 3 is 2.53 bits per heavy atom. The Morgan fingerprint density at radius 1 is 1.03 bits per heavy atom. The third-order valence-electron chi connectivity index (χ3n) is 5.31. The second kappa shape index (κ2) is 11.9. The van der Waals surface area contributed by atoms with Crippen molar-refractivity contribution in [2.24, 2.45) is 0 Å². The molecule has 2 N–H and O–H groups in total. The molecule has 1 aliphatic heterocycles. The van der Waals surface area contributed by atoms with E-state index in [1.807, 2.05) is 12.1 Å². The van der Waals surface area contributed by atoms with Gasteiger partial charge in [0.05, 0.1) is 10.6 Å². The van der Waals surface area contributed by atoms with Gasteiger partial charge in [-0.25, -0.2) is 0 Å². The van der Waals surface area contributed by atoms with E-state index in [4.69, 9.17) is 16.0 Å². The molecule has 0 bridgehead atoms. The van der Waals surface area contributed by atoms with E-state index in [1.54, 1.807) is 36.4 Å². The molecule has 0 radical (unpaired) electrons. The van der Waals surface area contributed by atoms with Crippen LogP contribution in [-0.4, -0.2) is 47.2 Å². The second-order valence-electron chi connectivity index (χ2n) is 7.61. The van der Waals surface area contributed by atoms with Crippen LogP contribution in [0.4, 0.5) is 11.7 Å². The summed E-state index contributed by atoms with van der Waals surface area (Å²) >= 11 is 6.08. The number of likely N-dealkylation sites (tertiary alicyclic amines) is 1. The Bertz CT molecular complexity index is 1000. The Hall–Kier alpha value is -2.61. The summed E-state index contributed by atoms with van der Waals surface area (Å²) in [5, 5.41) is 14.6. The number of nitrogens with zero attached hydrogens (tertiary/aromatic N) is 3. The van der Waals surface area contributed by atoms with Crippen LogP contribution >= 0.6 is 24.0 Å². The highest BCUT2D eigenvalue weighted by atomic mass is 35.5. The van der Waals surface area contributed by atoms with Crippen molar-refractivity contribution in [1.82, 2.24) is 15.1 Å². The molecule has 2 heterocycles. The number of rotatable bonds is 8. The predicted molar refractivity (Wildman–Crippen MR) is 130 cm³/mol. The number of benzene rings is 2. The predicted octanol–water partition coefficient (Wildman–Crippen LogP) is 5.35. The van der Waals surface area contributed by atoms with E-state index in [1.165, 1.54) is 32.4 Å². The standard InChI is InChI=1S/C23H26ClN5O2.ClH/c24-20-8-3-2-7-19(20)21(30)26-18-11-9-17(10-12-18)22-27-28-23(31-22)25-13-6-16-29-14-4-1-5-15-29;/h2-3,7-12H,1,4-6,13-16H2,(H,25,28)(H,26,30);1H. The summed E-state index contributed by atoms with van der Waals surface area (Å²) in [6, 6.07) is 14.6. The van der Waals surface area contributed by atoms with Gasteiger partial charge in [0.2, 0.25) is 5.89 Å². The molecule has 2 aromatic carbocycles. The van der Waals surface area contributed by atoms with Crippen molar-refractivity contribution < 1.29 is 9.21 Å². The summed E-state index contributed by atoms with van der Waals surface area (Å²) in [4.78, 5) is 14.9. The molecule has 4 rings (SSSR count). The Kier molecular flexibility index (Phi) is 8.90. The topological polar surface area (TPSA) is 83.3 Å². The van der Waals surface area contributed by atoms with Gasteiger partial charge < -0.3 is 20.0 Å². The zero-order valence-electron chi connectivity index (χ0n) is 17.7. The molecule has 9 heteroatoms. The van der Waals surface area contributed by atoms with Gasteiger partial charge in [-0.15, -0.1) is 17.5 Å². The van der Waals surface area contributed by atoms with Gasteiger partial charge in [-0.2, -0.15) is 0 Å². The molecule has 32 heavy (non-hydrogen) atoms. The minimum atomic E-state index is -0.257. The van der Waals surface area contributed by atoms with Crippen LogP contribution in [0.25, 0.3) is 11.5 Å². The molecular formula is C23H27Cl2N5O2. The van der Waals surface area contributed by atoms with Gasteiger partial charge in [0.15, 0.2) is 0 Å². The van der Waals surface area contributed by atoms with Crippen LogP contribution in [0.3, 0.4) is 0 Å². The number of amides is 1. The third-order valence-corrected chi connectivity index (χ3v) is 5.64. The van der Waals surface area contributed by atoms with Gasteiger partial charge in [0.1, 0.15) is 0 Å². The number of aromatic nitrogens is 2. The quantitative estimate of drug-likeness (QED) is 0.427. The van der Waals surface area contributed by atoms with Gasteiger partial charge in [-0.1, -0.05) is 35.3 Å². The second-order valence-corrected chi connectivity index (χ2v) is 8.01. The van der Waals surface area contributed by atoms with E-state index < -0.39 is 0 Å². The average Bonchev–Trinajstić information content (AvgIpc) is 3.27. The summed E-state index contributed by atoms with van der Waals surface area (Å²) in [7, 11) is 0. The third kappa shape index (κ3) is 6.45. The lowest BCUT2D eigenvalue weighted by Crippen LogP contribution is -2.31. The van der Waals surface area contributed by atoms with Crippen LogP contribution in [0.1, 0.15) is 36.0 Å². The fourth-order valence-corrected chi connectivity index (χ4v) is 3.85. The lowest BCUT2D eigenvalue weighted by Gasteiger charge is -2.26. The van der Waals surface area contributed by atoms with Crippen molar-refractivity contribution in [3.05, 3.63) is 59.1 Å². The number of carbonyl (C=O) groups excluding carboxylic acids is 1. The first-order chi connectivity index (χ1) is 15.2. The van der Waals surface area contributed by atoms with E-state index in [2.05, 4.69) is 25.7 Å². The maximum atomic E-state index is 12.4. The number of hydrogen-bond donors (Lipinski definition) is 2. The van der Waals surface area contributed by atoms with Gasteiger partial charge in [0.25, 0.3) is 5.91 Å². The van der Waals surface area contributed by atoms with Crippen molar-refractivity contribution in [3.8, 4) is 11.5 Å². The molecule has 1 amide bonds. The number of carbonyl (C=O) groups is 1. The average molecular weight is 476 g/mol. The highest BCUT2D eigenvalue weighted by Crippen LogP contribution is 2.23. The minimum absolute atomic E-state index is 0. The van der Waals surface area contributed by atoms with E-state index in [0.29, 0.717) is 28.2 Å². The first-order valence-electron chi connectivity index (χ1n) is 10.6. The van der Waals surface area contributed by atoms with Crippen LogP contribution in [-0.2, 0) is 0 Å². The minimum Gasteiger partial charge on any atom is -0.403 e. The van der Waals surface area contributed by atoms with Crippen molar-refractivity contribution in [2.75, 3.05) is 36.8 Å². The van der Waals surface area contributed by atoms with Crippen molar-refractivity contribution in [2.45, 2.75) is 25.7 Å². The number of nitrogens with one attached hydrogen (secondary N) is 2. The zero-order chi connectivity index (χ0) is 21.5. The number of hydrogen-bond acceptors (Lipinski definition) is 6. The van der Waals surface area contributed by atoms with Gasteiger partial charge in [-0.05, 0) is 75.3 Å².